The first-order chi connectivity index (χ1) is 18.4. The van der Waals surface area contributed by atoms with E-state index in [1.807, 2.05) is 34.6 Å². The van der Waals surface area contributed by atoms with Crippen molar-refractivity contribution in [2.24, 2.45) is 17.6 Å². The molecule has 0 aliphatic rings. The van der Waals surface area contributed by atoms with Crippen molar-refractivity contribution in [2.45, 2.75) is 105 Å². The second-order valence-electron chi connectivity index (χ2n) is 10.2. The quantitative estimate of drug-likeness (QED) is 0.142. The maximum Gasteiger partial charge on any atom is 0.508 e. The fourth-order valence-electron chi connectivity index (χ4n) is 3.67. The van der Waals surface area contributed by atoms with Crippen LogP contribution in [0.1, 0.15) is 98.0 Å². The summed E-state index contributed by atoms with van der Waals surface area (Å²) in [4.78, 5) is 48.9. The van der Waals surface area contributed by atoms with E-state index in [1.54, 1.807) is 13.0 Å². The molecule has 39 heavy (non-hydrogen) atoms. The van der Waals surface area contributed by atoms with Gasteiger partial charge in [0.2, 0.25) is 0 Å². The van der Waals surface area contributed by atoms with Crippen LogP contribution in [0.15, 0.2) is 18.2 Å². The first-order valence-electron chi connectivity index (χ1n) is 13.8. The van der Waals surface area contributed by atoms with Crippen molar-refractivity contribution in [3.63, 3.8) is 0 Å². The van der Waals surface area contributed by atoms with E-state index in [0.717, 1.165) is 19.3 Å². The monoisotopic (exact) mass is 551 g/mol. The third-order valence-electron chi connectivity index (χ3n) is 6.59. The van der Waals surface area contributed by atoms with Crippen LogP contribution in [0.5, 0.6) is 11.5 Å². The first-order valence-corrected chi connectivity index (χ1v) is 13.8. The van der Waals surface area contributed by atoms with Gasteiger partial charge in [-0.1, -0.05) is 59.9 Å². The normalized spacial score (nSPS) is 14.8. The number of unbranched alkanes of at least 4 members (excludes halogenated alkanes) is 1. The van der Waals surface area contributed by atoms with Gasteiger partial charge in [0.15, 0.2) is 11.5 Å². The number of carboxylic acid groups (broad SMARTS) is 1. The summed E-state index contributed by atoms with van der Waals surface area (Å²) < 4.78 is 21.4. The largest absolute Gasteiger partial charge is 0.508 e. The van der Waals surface area contributed by atoms with Gasteiger partial charge < -0.3 is 29.8 Å². The summed E-state index contributed by atoms with van der Waals surface area (Å²) in [6, 6.07) is 3.13. The van der Waals surface area contributed by atoms with Gasteiger partial charge in [0.05, 0.1) is 6.61 Å². The summed E-state index contributed by atoms with van der Waals surface area (Å²) in [7, 11) is 0. The number of aliphatic carboxylic acids is 1. The molecule has 1 aromatic rings. The van der Waals surface area contributed by atoms with Crippen LogP contribution in [0.3, 0.4) is 0 Å². The molecule has 0 spiro atoms. The molecule has 0 aromatic heterocycles. The zero-order valence-electron chi connectivity index (χ0n) is 24.1. The molecule has 5 atom stereocenters. The van der Waals surface area contributed by atoms with Gasteiger partial charge in [-0.3, -0.25) is 14.4 Å². The number of carboxylic acids is 1. The fraction of sp³-hybridized carbons (Fsp3) is 0.655. The van der Waals surface area contributed by atoms with Gasteiger partial charge in [-0.25, -0.2) is 4.79 Å². The minimum absolute atomic E-state index is 0.00607. The van der Waals surface area contributed by atoms with Crippen molar-refractivity contribution in [2.75, 3.05) is 6.61 Å². The molecule has 0 fully saturated rings. The number of ether oxygens (including phenoxy) is 4. The average molecular weight is 552 g/mol. The lowest BCUT2D eigenvalue weighted by atomic mass is 9.87. The molecule has 0 aliphatic heterocycles. The van der Waals surface area contributed by atoms with Gasteiger partial charge in [0, 0.05) is 18.8 Å². The maximum absolute atomic E-state index is 12.6. The molecule has 10 nitrogen and oxygen atoms in total. The predicted molar refractivity (Wildman–Crippen MR) is 146 cm³/mol. The second kappa shape index (κ2) is 17.4. The molecule has 0 saturated carbocycles. The molecule has 10 heteroatoms. The highest BCUT2D eigenvalue weighted by Gasteiger charge is 2.30. The summed E-state index contributed by atoms with van der Waals surface area (Å²) in [6.45, 7) is 11.6. The third-order valence-corrected chi connectivity index (χ3v) is 6.59. The molecule has 0 saturated heterocycles. The van der Waals surface area contributed by atoms with E-state index < -0.39 is 42.1 Å². The molecule has 220 valence electrons. The highest BCUT2D eigenvalue weighted by atomic mass is 16.7. The van der Waals surface area contributed by atoms with E-state index in [9.17, 15) is 24.3 Å². The summed E-state index contributed by atoms with van der Waals surface area (Å²) in [5.41, 5.74) is 6.45. The number of rotatable bonds is 17. The van der Waals surface area contributed by atoms with Crippen LogP contribution < -0.4 is 15.2 Å². The lowest BCUT2D eigenvalue weighted by molar-refractivity contribution is -0.139. The minimum atomic E-state index is -1.35. The fourth-order valence-corrected chi connectivity index (χ4v) is 3.67. The van der Waals surface area contributed by atoms with Crippen molar-refractivity contribution in [3.8, 4) is 11.5 Å². The number of benzene rings is 1. The van der Waals surface area contributed by atoms with Gasteiger partial charge in [-0.2, -0.15) is 0 Å². The van der Waals surface area contributed by atoms with Crippen LogP contribution in [-0.4, -0.2) is 47.9 Å². The van der Waals surface area contributed by atoms with Crippen molar-refractivity contribution >= 4 is 24.1 Å². The standard InChI is InChI=1S/C29H45NO9/c1-7-10-13-36-29(35)37-20(6)16-22(27(30)28(33)34)21-11-12-23(38-25(31)14-18(4)8-2)24(17-21)39-26(32)15-19(5)9-3/h11-12,17-20,22,27H,7-10,13-16,30H2,1-6H3,(H,33,34)/t18?,19?,20?,22?,27-/m0/s1. The topological polar surface area (TPSA) is 151 Å². The Labute approximate surface area is 231 Å². The second-order valence-corrected chi connectivity index (χ2v) is 10.2. The van der Waals surface area contributed by atoms with Gasteiger partial charge in [0.1, 0.15) is 12.1 Å². The number of nitrogens with two attached hydrogens (primary N) is 1. The zero-order chi connectivity index (χ0) is 29.5. The lowest BCUT2D eigenvalue weighted by Crippen LogP contribution is -2.38. The number of hydrogen-bond donors (Lipinski definition) is 2. The maximum atomic E-state index is 12.6. The van der Waals surface area contributed by atoms with Crippen molar-refractivity contribution < 1.29 is 43.2 Å². The molecule has 0 radical (unpaired) electrons. The highest BCUT2D eigenvalue weighted by molar-refractivity contribution is 5.77. The summed E-state index contributed by atoms with van der Waals surface area (Å²) in [6.07, 6.45) is 1.96. The lowest BCUT2D eigenvalue weighted by Gasteiger charge is -2.25. The molecule has 3 N–H and O–H groups in total. The Morgan fingerprint density at radius 2 is 1.46 bits per heavy atom. The van der Waals surface area contributed by atoms with E-state index in [1.165, 1.54) is 12.1 Å². The van der Waals surface area contributed by atoms with Crippen LogP contribution in [-0.2, 0) is 23.9 Å². The molecule has 0 heterocycles. The molecule has 0 amide bonds. The Morgan fingerprint density at radius 1 is 0.897 bits per heavy atom. The Bertz CT molecular complexity index is 949. The van der Waals surface area contributed by atoms with Crippen LogP contribution in [0.4, 0.5) is 4.79 Å². The van der Waals surface area contributed by atoms with Crippen LogP contribution >= 0.6 is 0 Å². The van der Waals surface area contributed by atoms with Crippen LogP contribution in [0.25, 0.3) is 0 Å². The number of carbonyl (C=O) groups excluding carboxylic acids is 3. The molecular weight excluding hydrogens is 506 g/mol. The molecule has 1 rings (SSSR count). The van der Waals surface area contributed by atoms with E-state index in [4.69, 9.17) is 24.7 Å². The van der Waals surface area contributed by atoms with E-state index >= 15 is 0 Å². The van der Waals surface area contributed by atoms with Crippen molar-refractivity contribution in [1.82, 2.24) is 0 Å². The minimum Gasteiger partial charge on any atom is -0.480 e. The van der Waals surface area contributed by atoms with Gasteiger partial charge in [-0.15, -0.1) is 0 Å². The summed E-state index contributed by atoms with van der Waals surface area (Å²) in [5, 5.41) is 9.66. The molecule has 0 bridgehead atoms. The highest BCUT2D eigenvalue weighted by Crippen LogP contribution is 2.35. The molecule has 1 aromatic carbocycles. The van der Waals surface area contributed by atoms with Crippen LogP contribution in [0.2, 0.25) is 0 Å². The van der Waals surface area contributed by atoms with E-state index in [2.05, 4.69) is 0 Å². The number of esters is 2. The Balaban J connectivity index is 3.28. The Morgan fingerprint density at radius 3 is 1.97 bits per heavy atom. The molecular formula is C29H45NO9. The summed E-state index contributed by atoms with van der Waals surface area (Å²) in [5.74, 6) is -2.81. The average Bonchev–Trinajstić information content (AvgIpc) is 2.87. The first kappa shape index (κ1) is 33.9. The Hall–Kier alpha value is -3.14. The summed E-state index contributed by atoms with van der Waals surface area (Å²) >= 11 is 0. The zero-order valence-corrected chi connectivity index (χ0v) is 24.1. The SMILES string of the molecule is CCCCOC(=O)OC(C)CC(c1ccc(OC(=O)CC(C)CC)c(OC(=O)CC(C)CC)c1)[C@H](N)C(=O)O. The predicted octanol–water partition coefficient (Wildman–Crippen LogP) is 5.60. The number of carbonyl (C=O) groups is 4. The number of hydrogen-bond acceptors (Lipinski definition) is 9. The van der Waals surface area contributed by atoms with Crippen molar-refractivity contribution in [1.29, 1.82) is 0 Å². The van der Waals surface area contributed by atoms with Gasteiger partial charge >= 0.3 is 24.1 Å². The van der Waals surface area contributed by atoms with Gasteiger partial charge in [0.25, 0.3) is 0 Å². The van der Waals surface area contributed by atoms with Crippen LogP contribution in [0, 0.1) is 11.8 Å². The van der Waals surface area contributed by atoms with Gasteiger partial charge in [-0.05, 0) is 49.3 Å². The molecule has 4 unspecified atom stereocenters. The van der Waals surface area contributed by atoms with E-state index in [0.29, 0.717) is 12.0 Å². The third kappa shape index (κ3) is 12.5. The molecule has 0 aliphatic carbocycles. The Kier molecular flexibility index (Phi) is 15.2. The van der Waals surface area contributed by atoms with E-state index in [-0.39, 0.29) is 49.2 Å². The van der Waals surface area contributed by atoms with Crippen molar-refractivity contribution in [3.05, 3.63) is 23.8 Å². The smallest absolute Gasteiger partial charge is 0.480 e.